The summed E-state index contributed by atoms with van der Waals surface area (Å²) in [6, 6.07) is 0. The topological polar surface area (TPSA) is 120 Å². The minimum atomic E-state index is -0.368. The maximum atomic E-state index is 11.9. The van der Waals surface area contributed by atoms with Crippen molar-refractivity contribution in [1.29, 1.82) is 0 Å². The maximum Gasteiger partial charge on any atom is 0.283 e. The first-order chi connectivity index (χ1) is 7.70. The highest BCUT2D eigenvalue weighted by Crippen LogP contribution is 2.13. The smallest absolute Gasteiger partial charge is 0.283 e. The van der Waals surface area contributed by atoms with Crippen molar-refractivity contribution in [1.82, 2.24) is 19.2 Å². The number of hydrogen-bond acceptors (Lipinski definition) is 6. The van der Waals surface area contributed by atoms with Crippen LogP contribution >= 0.6 is 0 Å². The Hall–Kier alpha value is -2.42. The number of nitrogens with zero attached hydrogens (tertiary/aromatic N) is 4. The van der Waals surface area contributed by atoms with Crippen molar-refractivity contribution in [3.05, 3.63) is 16.7 Å². The lowest BCUT2D eigenvalue weighted by Crippen LogP contribution is -2.23. The molecule has 0 unspecified atom stereocenters. The number of anilines is 1. The van der Waals surface area contributed by atoms with Crippen LogP contribution in [-0.2, 0) is 11.3 Å². The van der Waals surface area contributed by atoms with Gasteiger partial charge in [0, 0.05) is 0 Å². The summed E-state index contributed by atoms with van der Waals surface area (Å²) in [5.74, 6) is 5.15. The van der Waals surface area contributed by atoms with Crippen LogP contribution in [-0.4, -0.2) is 25.1 Å². The fourth-order valence-corrected chi connectivity index (χ4v) is 1.63. The molecule has 0 bridgehead atoms. The highest BCUT2D eigenvalue weighted by atomic mass is 16.2. The predicted molar refractivity (Wildman–Crippen MR) is 54.0 cm³/mol. The molecule has 9 nitrogen and oxygen atoms in total. The van der Waals surface area contributed by atoms with Crippen LogP contribution in [0, 0.1) is 0 Å². The van der Waals surface area contributed by atoms with Crippen molar-refractivity contribution < 1.29 is 4.79 Å². The third-order valence-electron chi connectivity index (χ3n) is 2.35. The molecule has 0 saturated heterocycles. The number of amides is 1. The van der Waals surface area contributed by atoms with E-state index in [1.165, 1.54) is 15.6 Å². The standard InChI is InChI=1S/C7H7N7O2/c8-12-14-2-9-4-5(14)11-7-10-3(15)1-13(7)6(4)16/h2,12H,1,8H2,(H,10,11,15). The van der Waals surface area contributed by atoms with Gasteiger partial charge in [0.1, 0.15) is 12.9 Å². The first-order valence-electron chi connectivity index (χ1n) is 4.45. The van der Waals surface area contributed by atoms with E-state index >= 15 is 0 Å². The van der Waals surface area contributed by atoms with Crippen LogP contribution < -0.4 is 22.3 Å². The van der Waals surface area contributed by atoms with Gasteiger partial charge in [-0.25, -0.2) is 15.5 Å². The lowest BCUT2D eigenvalue weighted by molar-refractivity contribution is -0.115. The first-order valence-corrected chi connectivity index (χ1v) is 4.45. The summed E-state index contributed by atoms with van der Waals surface area (Å²) in [5.41, 5.74) is 2.39. The van der Waals surface area contributed by atoms with Gasteiger partial charge in [-0.1, -0.05) is 0 Å². The number of nitrogen functional groups attached to an aromatic ring is 1. The number of fused-ring (bicyclic) bond motifs is 2. The van der Waals surface area contributed by atoms with E-state index in [-0.39, 0.29) is 35.1 Å². The molecule has 0 radical (unpaired) electrons. The second-order valence-corrected chi connectivity index (χ2v) is 3.29. The van der Waals surface area contributed by atoms with Gasteiger partial charge in [0.25, 0.3) is 5.56 Å². The zero-order chi connectivity index (χ0) is 11.3. The molecule has 0 aliphatic carbocycles. The Bertz CT molecular complexity index is 655. The number of hydrogen-bond donors (Lipinski definition) is 3. The zero-order valence-corrected chi connectivity index (χ0v) is 7.97. The fourth-order valence-electron chi connectivity index (χ4n) is 1.63. The van der Waals surface area contributed by atoms with Gasteiger partial charge in [-0.05, 0) is 0 Å². The first kappa shape index (κ1) is 8.85. The van der Waals surface area contributed by atoms with Crippen molar-refractivity contribution in [2.45, 2.75) is 6.54 Å². The molecule has 0 saturated carbocycles. The van der Waals surface area contributed by atoms with Gasteiger partial charge in [-0.15, -0.1) is 0 Å². The summed E-state index contributed by atoms with van der Waals surface area (Å²) in [4.78, 5) is 31.0. The Morgan fingerprint density at radius 3 is 3.06 bits per heavy atom. The van der Waals surface area contributed by atoms with Gasteiger partial charge in [0.05, 0.1) is 0 Å². The molecule has 1 aliphatic heterocycles. The van der Waals surface area contributed by atoms with Gasteiger partial charge in [0.2, 0.25) is 11.9 Å². The van der Waals surface area contributed by atoms with Gasteiger partial charge in [-0.2, -0.15) is 4.98 Å². The molecule has 3 rings (SSSR count). The van der Waals surface area contributed by atoms with Gasteiger partial charge in [0.15, 0.2) is 11.2 Å². The number of nitrogens with one attached hydrogen (secondary N) is 2. The maximum absolute atomic E-state index is 11.9. The Kier molecular flexibility index (Phi) is 1.55. The molecule has 3 heterocycles. The average molecular weight is 221 g/mol. The predicted octanol–water partition coefficient (Wildman–Crippen LogP) is -2.04. The van der Waals surface area contributed by atoms with Crippen LogP contribution in [0.3, 0.4) is 0 Å². The van der Waals surface area contributed by atoms with Gasteiger partial charge >= 0.3 is 0 Å². The Morgan fingerprint density at radius 1 is 1.50 bits per heavy atom. The minimum absolute atomic E-state index is 0.0278. The molecule has 0 atom stereocenters. The fraction of sp³-hybridized carbons (Fsp3) is 0.143. The quantitative estimate of drug-likeness (QED) is 0.377. The molecule has 9 heteroatoms. The molecule has 0 spiro atoms. The number of carbonyl (C=O) groups is 1. The summed E-state index contributed by atoms with van der Waals surface area (Å²) in [7, 11) is 0. The number of imidazole rings is 1. The molecule has 2 aromatic rings. The van der Waals surface area contributed by atoms with Crippen molar-refractivity contribution in [3.63, 3.8) is 0 Å². The summed E-state index contributed by atoms with van der Waals surface area (Å²) in [6.45, 7) is -0.0278. The summed E-state index contributed by atoms with van der Waals surface area (Å²) in [5, 5.41) is 2.47. The summed E-state index contributed by atoms with van der Waals surface area (Å²) in [6.07, 6.45) is 1.34. The average Bonchev–Trinajstić information content (AvgIpc) is 2.81. The SMILES string of the molecule is NNn1cnc2c(=O)n3c(nc21)NC(=O)C3. The molecular weight excluding hydrogens is 214 g/mol. The van der Waals surface area contributed by atoms with E-state index in [0.29, 0.717) is 0 Å². The van der Waals surface area contributed by atoms with E-state index in [1.807, 2.05) is 0 Å². The highest BCUT2D eigenvalue weighted by molar-refractivity contribution is 5.93. The monoisotopic (exact) mass is 221 g/mol. The van der Waals surface area contributed by atoms with E-state index in [4.69, 9.17) is 5.84 Å². The Balaban J connectivity index is 2.39. The third-order valence-corrected chi connectivity index (χ3v) is 2.35. The molecule has 4 N–H and O–H groups in total. The number of nitrogens with two attached hydrogens (primary N) is 1. The Labute approximate surface area is 87.8 Å². The van der Waals surface area contributed by atoms with Crippen LogP contribution in [0.1, 0.15) is 0 Å². The van der Waals surface area contributed by atoms with E-state index in [2.05, 4.69) is 20.8 Å². The lowest BCUT2D eigenvalue weighted by Gasteiger charge is -2.02. The molecular formula is C7H7N7O2. The van der Waals surface area contributed by atoms with Crippen molar-refractivity contribution >= 4 is 23.0 Å². The summed E-state index contributed by atoms with van der Waals surface area (Å²) < 4.78 is 2.53. The lowest BCUT2D eigenvalue weighted by atomic mass is 10.5. The molecule has 16 heavy (non-hydrogen) atoms. The van der Waals surface area contributed by atoms with Crippen molar-refractivity contribution in [2.24, 2.45) is 5.84 Å². The van der Waals surface area contributed by atoms with Crippen molar-refractivity contribution in [3.8, 4) is 0 Å². The molecule has 1 amide bonds. The molecule has 0 aromatic carbocycles. The molecule has 2 aromatic heterocycles. The van der Waals surface area contributed by atoms with Crippen LogP contribution in [0.25, 0.3) is 11.2 Å². The van der Waals surface area contributed by atoms with Gasteiger partial charge in [-0.3, -0.25) is 25.0 Å². The van der Waals surface area contributed by atoms with Gasteiger partial charge < -0.3 is 0 Å². The van der Waals surface area contributed by atoms with Crippen LogP contribution in [0.4, 0.5) is 5.95 Å². The number of aromatic nitrogens is 4. The van der Waals surface area contributed by atoms with Crippen LogP contribution in [0.2, 0.25) is 0 Å². The minimum Gasteiger partial charge on any atom is -0.294 e. The molecule has 0 fully saturated rings. The number of hydrazine groups is 1. The second kappa shape index (κ2) is 2.79. The van der Waals surface area contributed by atoms with Crippen molar-refractivity contribution in [2.75, 3.05) is 10.9 Å². The van der Waals surface area contributed by atoms with E-state index in [9.17, 15) is 9.59 Å². The van der Waals surface area contributed by atoms with E-state index < -0.39 is 0 Å². The molecule has 82 valence electrons. The molecule has 1 aliphatic rings. The van der Waals surface area contributed by atoms with E-state index in [0.717, 1.165) is 0 Å². The second-order valence-electron chi connectivity index (χ2n) is 3.29. The van der Waals surface area contributed by atoms with E-state index in [1.54, 1.807) is 0 Å². The van der Waals surface area contributed by atoms with Crippen LogP contribution in [0.5, 0.6) is 0 Å². The number of carbonyl (C=O) groups excluding carboxylic acids is 1. The third kappa shape index (κ3) is 0.969. The summed E-state index contributed by atoms with van der Waals surface area (Å²) >= 11 is 0. The highest BCUT2D eigenvalue weighted by Gasteiger charge is 2.23. The normalized spacial score (nSPS) is 13.9. The zero-order valence-electron chi connectivity index (χ0n) is 7.97. The number of rotatable bonds is 1. The Morgan fingerprint density at radius 2 is 2.31 bits per heavy atom. The van der Waals surface area contributed by atoms with Crippen LogP contribution in [0.15, 0.2) is 11.1 Å². The largest absolute Gasteiger partial charge is 0.294 e.